The summed E-state index contributed by atoms with van der Waals surface area (Å²) in [5.74, 6) is 0.493. The number of nitrogens with one attached hydrogen (secondary N) is 2. The second-order valence-electron chi connectivity index (χ2n) is 4.76. The van der Waals surface area contributed by atoms with Crippen molar-refractivity contribution in [3.63, 3.8) is 0 Å². The van der Waals surface area contributed by atoms with Crippen LogP contribution in [0.3, 0.4) is 0 Å². The average Bonchev–Trinajstić information content (AvgIpc) is 2.91. The van der Waals surface area contributed by atoms with E-state index in [9.17, 15) is 4.79 Å². The zero-order chi connectivity index (χ0) is 14.9. The molecule has 0 spiro atoms. The number of rotatable bonds is 4. The first kappa shape index (κ1) is 14.6. The predicted molar refractivity (Wildman–Crippen MR) is 76.8 cm³/mol. The van der Waals surface area contributed by atoms with Crippen molar-refractivity contribution in [1.29, 1.82) is 0 Å². The lowest BCUT2D eigenvalue weighted by Gasteiger charge is -2.15. The topological polar surface area (TPSA) is 75.6 Å². The van der Waals surface area contributed by atoms with E-state index in [1.54, 1.807) is 20.2 Å². The van der Waals surface area contributed by atoms with Crippen LogP contribution in [0, 0.1) is 13.8 Å². The van der Waals surface area contributed by atoms with Crippen LogP contribution in [0.25, 0.3) is 0 Å². The minimum absolute atomic E-state index is 0.178. The van der Waals surface area contributed by atoms with Crippen LogP contribution in [0.4, 0.5) is 0 Å². The van der Waals surface area contributed by atoms with Crippen LogP contribution in [0.15, 0.2) is 6.20 Å². The van der Waals surface area contributed by atoms with Crippen molar-refractivity contribution in [1.82, 2.24) is 25.1 Å². The third kappa shape index (κ3) is 2.70. The second-order valence-corrected chi connectivity index (χ2v) is 5.14. The highest BCUT2D eigenvalue weighted by molar-refractivity contribution is 6.34. The number of nitrogens with zero attached hydrogens (tertiary/aromatic N) is 3. The lowest BCUT2D eigenvalue weighted by atomic mass is 10.2. The largest absolute Gasteiger partial charge is 0.344 e. The number of carbonyl (C=O) groups is 1. The maximum atomic E-state index is 12.4. The zero-order valence-electron chi connectivity index (χ0n) is 12.0. The summed E-state index contributed by atoms with van der Waals surface area (Å²) in [4.78, 5) is 19.7. The van der Waals surface area contributed by atoms with Gasteiger partial charge in [0.25, 0.3) is 5.91 Å². The molecule has 0 aromatic carbocycles. The highest BCUT2D eigenvalue weighted by atomic mass is 35.5. The van der Waals surface area contributed by atoms with E-state index in [0.29, 0.717) is 16.4 Å². The third-order valence-corrected chi connectivity index (χ3v) is 3.58. The monoisotopic (exact) mass is 295 g/mol. The van der Waals surface area contributed by atoms with Gasteiger partial charge >= 0.3 is 0 Å². The molecule has 1 amide bonds. The number of hydrogen-bond acceptors (Lipinski definition) is 3. The molecule has 0 radical (unpaired) electrons. The zero-order valence-corrected chi connectivity index (χ0v) is 12.7. The fraction of sp³-hybridized carbons (Fsp3) is 0.462. The SMILES string of the molecule is CC[C@H](NC(=O)c1c(Cl)c(C)nn1C)c1ncc(C)[nH]1. The van der Waals surface area contributed by atoms with E-state index < -0.39 is 0 Å². The van der Waals surface area contributed by atoms with Crippen molar-refractivity contribution in [2.45, 2.75) is 33.2 Å². The summed E-state index contributed by atoms with van der Waals surface area (Å²) in [6.45, 7) is 5.68. The summed E-state index contributed by atoms with van der Waals surface area (Å²) in [6, 6.07) is -0.178. The Bertz CT molecular complexity index is 631. The van der Waals surface area contributed by atoms with Crippen LogP contribution in [-0.2, 0) is 7.05 Å². The molecule has 2 rings (SSSR count). The van der Waals surface area contributed by atoms with E-state index in [1.807, 2.05) is 13.8 Å². The Morgan fingerprint density at radius 3 is 2.70 bits per heavy atom. The Labute approximate surface area is 122 Å². The highest BCUT2D eigenvalue weighted by Gasteiger charge is 2.22. The quantitative estimate of drug-likeness (QED) is 0.908. The van der Waals surface area contributed by atoms with E-state index in [0.717, 1.165) is 17.9 Å². The molecule has 0 aliphatic rings. The molecule has 2 aromatic rings. The van der Waals surface area contributed by atoms with Crippen LogP contribution in [-0.4, -0.2) is 25.7 Å². The van der Waals surface area contributed by atoms with E-state index in [4.69, 9.17) is 11.6 Å². The Morgan fingerprint density at radius 2 is 2.25 bits per heavy atom. The molecule has 20 heavy (non-hydrogen) atoms. The molecule has 2 aromatic heterocycles. The minimum Gasteiger partial charge on any atom is -0.344 e. The van der Waals surface area contributed by atoms with E-state index >= 15 is 0 Å². The van der Waals surface area contributed by atoms with Gasteiger partial charge in [-0.3, -0.25) is 9.48 Å². The molecule has 0 aliphatic carbocycles. The normalized spacial score (nSPS) is 12.4. The van der Waals surface area contributed by atoms with Crippen molar-refractivity contribution in [3.8, 4) is 0 Å². The molecule has 0 bridgehead atoms. The molecule has 6 nitrogen and oxygen atoms in total. The van der Waals surface area contributed by atoms with Gasteiger partial charge in [-0.25, -0.2) is 4.98 Å². The molecular formula is C13H18ClN5O. The summed E-state index contributed by atoms with van der Waals surface area (Å²) in [7, 11) is 1.70. The Kier molecular flexibility index (Phi) is 4.13. The average molecular weight is 296 g/mol. The molecule has 0 aliphatic heterocycles. The van der Waals surface area contributed by atoms with Crippen LogP contribution >= 0.6 is 11.6 Å². The molecule has 0 saturated carbocycles. The number of imidazole rings is 1. The van der Waals surface area contributed by atoms with Crippen LogP contribution in [0.5, 0.6) is 0 Å². The molecule has 7 heteroatoms. The van der Waals surface area contributed by atoms with Crippen LogP contribution < -0.4 is 5.32 Å². The van der Waals surface area contributed by atoms with Crippen LogP contribution in [0.2, 0.25) is 5.02 Å². The third-order valence-electron chi connectivity index (χ3n) is 3.13. The smallest absolute Gasteiger partial charge is 0.271 e. The Morgan fingerprint density at radius 1 is 1.55 bits per heavy atom. The lowest BCUT2D eigenvalue weighted by Crippen LogP contribution is -2.30. The van der Waals surface area contributed by atoms with Gasteiger partial charge in [0.1, 0.15) is 11.5 Å². The number of hydrogen-bond donors (Lipinski definition) is 2. The summed E-state index contributed by atoms with van der Waals surface area (Å²) >= 11 is 6.12. The fourth-order valence-corrected chi connectivity index (χ4v) is 2.33. The first-order valence-corrected chi connectivity index (χ1v) is 6.83. The van der Waals surface area contributed by atoms with E-state index in [2.05, 4.69) is 20.4 Å². The van der Waals surface area contributed by atoms with Crippen molar-refractivity contribution in [2.24, 2.45) is 7.05 Å². The summed E-state index contributed by atoms with van der Waals surface area (Å²) in [5.41, 5.74) is 1.97. The number of amides is 1. The van der Waals surface area contributed by atoms with Crippen molar-refractivity contribution >= 4 is 17.5 Å². The second kappa shape index (κ2) is 5.66. The molecule has 2 N–H and O–H groups in total. The predicted octanol–water partition coefficient (Wildman–Crippen LogP) is 2.29. The number of halogens is 1. The molecule has 0 fully saturated rings. The molecular weight excluding hydrogens is 278 g/mol. The van der Waals surface area contributed by atoms with Crippen LogP contribution in [0.1, 0.15) is 47.1 Å². The standard InChI is InChI=1S/C13H18ClN5O/c1-5-9(12-15-6-7(2)16-12)17-13(20)11-10(14)8(3)18-19(11)4/h6,9H,5H2,1-4H3,(H,15,16)(H,17,20)/t9-/m0/s1. The van der Waals surface area contributed by atoms with Gasteiger partial charge in [-0.15, -0.1) is 0 Å². The van der Waals surface area contributed by atoms with Crippen molar-refractivity contribution in [2.75, 3.05) is 0 Å². The molecule has 1 atom stereocenters. The van der Waals surface area contributed by atoms with Gasteiger partial charge in [-0.1, -0.05) is 18.5 Å². The van der Waals surface area contributed by atoms with E-state index in [-0.39, 0.29) is 11.9 Å². The van der Waals surface area contributed by atoms with Gasteiger partial charge in [0.05, 0.1) is 16.8 Å². The van der Waals surface area contributed by atoms with Crippen molar-refractivity contribution in [3.05, 3.63) is 34.1 Å². The Hall–Kier alpha value is -1.82. The van der Waals surface area contributed by atoms with Gasteiger partial charge in [-0.2, -0.15) is 5.10 Å². The maximum absolute atomic E-state index is 12.4. The minimum atomic E-state index is -0.251. The van der Waals surface area contributed by atoms with Gasteiger partial charge in [-0.05, 0) is 20.3 Å². The van der Waals surface area contributed by atoms with E-state index in [1.165, 1.54) is 4.68 Å². The highest BCUT2D eigenvalue weighted by Crippen LogP contribution is 2.21. The summed E-state index contributed by atoms with van der Waals surface area (Å²) in [5, 5.41) is 7.46. The number of aromatic nitrogens is 4. The van der Waals surface area contributed by atoms with Gasteiger partial charge in [0, 0.05) is 18.9 Å². The number of aryl methyl sites for hydroxylation is 3. The van der Waals surface area contributed by atoms with Crippen molar-refractivity contribution < 1.29 is 4.79 Å². The fourth-order valence-electron chi connectivity index (χ4n) is 2.08. The lowest BCUT2D eigenvalue weighted by molar-refractivity contribution is 0.0924. The number of aromatic amines is 1. The van der Waals surface area contributed by atoms with Gasteiger partial charge in [0.15, 0.2) is 0 Å². The maximum Gasteiger partial charge on any atom is 0.271 e. The van der Waals surface area contributed by atoms with Gasteiger partial charge < -0.3 is 10.3 Å². The first-order valence-electron chi connectivity index (χ1n) is 6.45. The summed E-state index contributed by atoms with van der Waals surface area (Å²) in [6.07, 6.45) is 2.47. The molecule has 2 heterocycles. The summed E-state index contributed by atoms with van der Waals surface area (Å²) < 4.78 is 1.49. The molecule has 0 saturated heterocycles. The first-order chi connectivity index (χ1) is 9.43. The number of carbonyl (C=O) groups excluding carboxylic acids is 1. The molecule has 108 valence electrons. The number of H-pyrrole nitrogens is 1. The molecule has 0 unspecified atom stereocenters. The Balaban J connectivity index is 2.21. The van der Waals surface area contributed by atoms with Gasteiger partial charge in [0.2, 0.25) is 0 Å².